The standard InChI is InChI=1S/C37H37N3O/c1-26(2)21-27-22-29(32-16-9-10-18-35(32)41-3)24-30(23-27)34-25-28-13-7-8-17-33(28)37(39-34)40(31-14-5-4-6-15-31)36-19-11-12-20-38-36/h4-6,9-12,14-16,18-20,22-26H,7-8,13,17,21H2,1-3H3. The van der Waals surface area contributed by atoms with E-state index >= 15 is 0 Å². The topological polar surface area (TPSA) is 38.2 Å². The van der Waals surface area contributed by atoms with E-state index in [-0.39, 0.29) is 0 Å². The SMILES string of the molecule is COc1ccccc1-c1cc(CC(C)C)cc(-c2cc3c(c(N(c4ccccc4)c4ccccn4)n2)CCCC3)c1. The molecule has 2 heterocycles. The number of pyridine rings is 2. The number of hydrogen-bond donors (Lipinski definition) is 0. The summed E-state index contributed by atoms with van der Waals surface area (Å²) in [4.78, 5) is 12.5. The first-order valence-corrected chi connectivity index (χ1v) is 14.7. The number of para-hydroxylation sites is 2. The lowest BCUT2D eigenvalue weighted by molar-refractivity contribution is 0.416. The molecule has 0 amide bonds. The van der Waals surface area contributed by atoms with E-state index < -0.39 is 0 Å². The Morgan fingerprint density at radius 3 is 2.34 bits per heavy atom. The van der Waals surface area contributed by atoms with Gasteiger partial charge in [-0.2, -0.15) is 0 Å². The van der Waals surface area contributed by atoms with Gasteiger partial charge in [-0.05, 0) is 109 Å². The highest BCUT2D eigenvalue weighted by molar-refractivity contribution is 5.80. The maximum absolute atomic E-state index is 5.76. The Bertz CT molecular complexity index is 1590. The van der Waals surface area contributed by atoms with Gasteiger partial charge in [-0.1, -0.05) is 62.4 Å². The first-order chi connectivity index (χ1) is 20.1. The Morgan fingerprint density at radius 1 is 0.805 bits per heavy atom. The number of ether oxygens (including phenoxy) is 1. The van der Waals surface area contributed by atoms with Gasteiger partial charge in [0.25, 0.3) is 0 Å². The van der Waals surface area contributed by atoms with Crippen molar-refractivity contribution in [2.45, 2.75) is 46.0 Å². The summed E-state index contributed by atoms with van der Waals surface area (Å²) in [6, 6.07) is 34.1. The number of nitrogens with zero attached hydrogens (tertiary/aromatic N) is 3. The molecule has 0 bridgehead atoms. The van der Waals surface area contributed by atoms with Gasteiger partial charge in [0.2, 0.25) is 0 Å². The van der Waals surface area contributed by atoms with Crippen molar-refractivity contribution in [1.82, 2.24) is 9.97 Å². The Morgan fingerprint density at radius 2 is 1.56 bits per heavy atom. The molecular weight excluding hydrogens is 502 g/mol. The summed E-state index contributed by atoms with van der Waals surface area (Å²) < 4.78 is 5.76. The van der Waals surface area contributed by atoms with Crippen LogP contribution in [0.4, 0.5) is 17.3 Å². The van der Waals surface area contributed by atoms with E-state index in [1.807, 2.05) is 30.5 Å². The van der Waals surface area contributed by atoms with Crippen LogP contribution in [0.1, 0.15) is 43.4 Å². The minimum absolute atomic E-state index is 0.542. The van der Waals surface area contributed by atoms with Crippen molar-refractivity contribution in [3.05, 3.63) is 120 Å². The molecule has 41 heavy (non-hydrogen) atoms. The van der Waals surface area contributed by atoms with Crippen molar-refractivity contribution in [2.75, 3.05) is 12.0 Å². The Kier molecular flexibility index (Phi) is 7.82. The van der Waals surface area contributed by atoms with Gasteiger partial charge >= 0.3 is 0 Å². The van der Waals surface area contributed by atoms with E-state index in [2.05, 4.69) is 91.5 Å². The average Bonchev–Trinajstić information content (AvgIpc) is 3.01. The van der Waals surface area contributed by atoms with Crippen LogP contribution in [0, 0.1) is 5.92 Å². The zero-order valence-electron chi connectivity index (χ0n) is 24.2. The van der Waals surface area contributed by atoms with E-state index in [0.717, 1.165) is 64.7 Å². The van der Waals surface area contributed by atoms with Crippen molar-refractivity contribution < 1.29 is 4.74 Å². The van der Waals surface area contributed by atoms with E-state index in [0.29, 0.717) is 5.92 Å². The normalized spacial score (nSPS) is 12.7. The van der Waals surface area contributed by atoms with Crippen LogP contribution in [-0.2, 0) is 19.3 Å². The molecule has 5 aromatic rings. The number of rotatable bonds is 8. The lowest BCUT2D eigenvalue weighted by atomic mass is 9.89. The van der Waals surface area contributed by atoms with Gasteiger partial charge in [0.1, 0.15) is 17.4 Å². The number of hydrogen-bond acceptors (Lipinski definition) is 4. The molecule has 0 radical (unpaired) electrons. The third-order valence-corrected chi connectivity index (χ3v) is 7.77. The quantitative estimate of drug-likeness (QED) is 0.197. The highest BCUT2D eigenvalue weighted by atomic mass is 16.5. The second-order valence-corrected chi connectivity index (χ2v) is 11.3. The van der Waals surface area contributed by atoms with Crippen LogP contribution in [0.25, 0.3) is 22.4 Å². The molecule has 4 nitrogen and oxygen atoms in total. The van der Waals surface area contributed by atoms with E-state index in [9.17, 15) is 0 Å². The van der Waals surface area contributed by atoms with Crippen LogP contribution in [0.2, 0.25) is 0 Å². The highest BCUT2D eigenvalue weighted by Crippen LogP contribution is 2.41. The zero-order chi connectivity index (χ0) is 28.2. The minimum Gasteiger partial charge on any atom is -0.496 e. The number of anilines is 3. The first kappa shape index (κ1) is 26.8. The fourth-order valence-electron chi connectivity index (χ4n) is 5.95. The number of benzene rings is 3. The molecule has 1 aliphatic carbocycles. The Hall–Kier alpha value is -4.44. The second-order valence-electron chi connectivity index (χ2n) is 11.3. The summed E-state index contributed by atoms with van der Waals surface area (Å²) >= 11 is 0. The Labute approximate surface area is 243 Å². The van der Waals surface area contributed by atoms with Crippen molar-refractivity contribution in [3.63, 3.8) is 0 Å². The number of methoxy groups -OCH3 is 1. The van der Waals surface area contributed by atoms with E-state index in [1.54, 1.807) is 7.11 Å². The smallest absolute Gasteiger partial charge is 0.142 e. The summed E-state index contributed by atoms with van der Waals surface area (Å²) in [5.74, 6) is 3.28. The molecule has 6 rings (SSSR count). The van der Waals surface area contributed by atoms with Crippen LogP contribution >= 0.6 is 0 Å². The molecule has 0 unspecified atom stereocenters. The molecule has 4 heteroatoms. The van der Waals surface area contributed by atoms with Crippen molar-refractivity contribution in [2.24, 2.45) is 5.92 Å². The summed E-state index contributed by atoms with van der Waals surface area (Å²) in [5, 5.41) is 0. The zero-order valence-corrected chi connectivity index (χ0v) is 24.2. The lowest BCUT2D eigenvalue weighted by Crippen LogP contribution is -2.18. The summed E-state index contributed by atoms with van der Waals surface area (Å²) in [6.45, 7) is 4.55. The molecule has 0 saturated carbocycles. The fourth-order valence-corrected chi connectivity index (χ4v) is 5.95. The van der Waals surface area contributed by atoms with Gasteiger partial charge in [0.15, 0.2) is 0 Å². The molecule has 0 atom stereocenters. The van der Waals surface area contributed by atoms with Crippen LogP contribution in [0.15, 0.2) is 103 Å². The summed E-state index contributed by atoms with van der Waals surface area (Å²) in [5.41, 5.74) is 9.47. The van der Waals surface area contributed by atoms with E-state index in [1.165, 1.54) is 29.5 Å². The van der Waals surface area contributed by atoms with E-state index in [4.69, 9.17) is 14.7 Å². The van der Waals surface area contributed by atoms with Crippen molar-refractivity contribution >= 4 is 17.3 Å². The maximum atomic E-state index is 5.76. The highest BCUT2D eigenvalue weighted by Gasteiger charge is 2.24. The molecule has 0 aliphatic heterocycles. The van der Waals surface area contributed by atoms with Gasteiger partial charge in [-0.3, -0.25) is 4.90 Å². The number of fused-ring (bicyclic) bond motifs is 1. The first-order valence-electron chi connectivity index (χ1n) is 14.7. The second kappa shape index (κ2) is 12.0. The predicted molar refractivity (Wildman–Crippen MR) is 169 cm³/mol. The van der Waals surface area contributed by atoms with Gasteiger partial charge < -0.3 is 4.74 Å². The van der Waals surface area contributed by atoms with Crippen molar-refractivity contribution in [3.8, 4) is 28.1 Å². The molecular formula is C37H37N3O. The van der Waals surface area contributed by atoms with Crippen LogP contribution in [-0.4, -0.2) is 17.1 Å². The van der Waals surface area contributed by atoms with Crippen LogP contribution in [0.3, 0.4) is 0 Å². The van der Waals surface area contributed by atoms with Crippen molar-refractivity contribution in [1.29, 1.82) is 0 Å². The average molecular weight is 540 g/mol. The fraction of sp³-hybridized carbons (Fsp3) is 0.243. The molecule has 0 fully saturated rings. The molecule has 0 N–H and O–H groups in total. The third kappa shape index (κ3) is 5.74. The summed E-state index contributed by atoms with van der Waals surface area (Å²) in [7, 11) is 1.74. The molecule has 0 spiro atoms. The number of aromatic nitrogens is 2. The predicted octanol–water partition coefficient (Wildman–Crippen LogP) is 9.37. The molecule has 2 aromatic heterocycles. The molecule has 0 saturated heterocycles. The molecule has 1 aliphatic rings. The van der Waals surface area contributed by atoms with Crippen LogP contribution < -0.4 is 9.64 Å². The largest absolute Gasteiger partial charge is 0.496 e. The molecule has 206 valence electrons. The Balaban J connectivity index is 1.57. The maximum Gasteiger partial charge on any atom is 0.142 e. The van der Waals surface area contributed by atoms with Gasteiger partial charge in [0.05, 0.1) is 12.8 Å². The third-order valence-electron chi connectivity index (χ3n) is 7.77. The summed E-state index contributed by atoms with van der Waals surface area (Å²) in [6.07, 6.45) is 7.31. The minimum atomic E-state index is 0.542. The van der Waals surface area contributed by atoms with Gasteiger partial charge in [0, 0.05) is 23.0 Å². The monoisotopic (exact) mass is 539 g/mol. The van der Waals surface area contributed by atoms with Crippen LogP contribution in [0.5, 0.6) is 5.75 Å². The number of aryl methyl sites for hydroxylation is 1. The van der Waals surface area contributed by atoms with Gasteiger partial charge in [-0.25, -0.2) is 9.97 Å². The molecule has 3 aromatic carbocycles. The lowest BCUT2D eigenvalue weighted by Gasteiger charge is -2.29. The van der Waals surface area contributed by atoms with Gasteiger partial charge in [-0.15, -0.1) is 0 Å².